The topological polar surface area (TPSA) is 81.4 Å². The first-order valence-electron chi connectivity index (χ1n) is 7.14. The Morgan fingerprint density at radius 2 is 1.13 bits per heavy atom. The van der Waals surface area contributed by atoms with E-state index in [2.05, 4.69) is 26.2 Å². The highest BCUT2D eigenvalue weighted by Crippen LogP contribution is 2.06. The molecule has 0 spiro atoms. The third-order valence-corrected chi connectivity index (χ3v) is 3.04. The number of hydrazone groups is 2. The van der Waals surface area contributed by atoms with Crippen molar-refractivity contribution in [1.82, 2.24) is 0 Å². The zero-order valence-corrected chi connectivity index (χ0v) is 13.1. The van der Waals surface area contributed by atoms with Crippen molar-refractivity contribution >= 4 is 28.5 Å². The van der Waals surface area contributed by atoms with E-state index in [1.807, 2.05) is 60.7 Å². The minimum absolute atomic E-state index is 0.303. The SMILES string of the molecule is C/C(=N\Nc1ccccc1)C(=NO)/C(C)=N/Nc1ccccc1. The molecule has 0 aliphatic rings. The summed E-state index contributed by atoms with van der Waals surface area (Å²) in [5, 5.41) is 20.9. The van der Waals surface area contributed by atoms with Gasteiger partial charge >= 0.3 is 0 Å². The number of nitrogens with zero attached hydrogens (tertiary/aromatic N) is 3. The molecular formula is C17H19N5O. The van der Waals surface area contributed by atoms with Crippen LogP contribution in [-0.2, 0) is 0 Å². The highest BCUT2D eigenvalue weighted by molar-refractivity contribution is 6.67. The molecule has 3 N–H and O–H groups in total. The lowest BCUT2D eigenvalue weighted by atomic mass is 10.2. The Morgan fingerprint density at radius 1 is 0.739 bits per heavy atom. The zero-order valence-electron chi connectivity index (χ0n) is 13.1. The van der Waals surface area contributed by atoms with Crippen LogP contribution in [0.15, 0.2) is 76.0 Å². The molecule has 0 aliphatic carbocycles. The van der Waals surface area contributed by atoms with E-state index in [4.69, 9.17) is 0 Å². The summed E-state index contributed by atoms with van der Waals surface area (Å²) < 4.78 is 0. The molecule has 0 unspecified atom stereocenters. The van der Waals surface area contributed by atoms with E-state index >= 15 is 0 Å². The van der Waals surface area contributed by atoms with Crippen LogP contribution in [0.2, 0.25) is 0 Å². The van der Waals surface area contributed by atoms with Gasteiger partial charge in [0.05, 0.1) is 22.8 Å². The van der Waals surface area contributed by atoms with Gasteiger partial charge in [-0.05, 0) is 38.1 Å². The zero-order chi connectivity index (χ0) is 16.5. The number of oxime groups is 1. The highest BCUT2D eigenvalue weighted by Gasteiger charge is 2.09. The first-order valence-corrected chi connectivity index (χ1v) is 7.14. The van der Waals surface area contributed by atoms with Crippen LogP contribution >= 0.6 is 0 Å². The van der Waals surface area contributed by atoms with Crippen LogP contribution in [0.4, 0.5) is 11.4 Å². The molecular weight excluding hydrogens is 290 g/mol. The quantitative estimate of drug-likeness (QED) is 0.431. The second-order valence-corrected chi connectivity index (χ2v) is 4.80. The fourth-order valence-electron chi connectivity index (χ4n) is 1.83. The Kier molecular flexibility index (Phi) is 5.88. The van der Waals surface area contributed by atoms with E-state index in [1.54, 1.807) is 13.8 Å². The molecule has 0 heterocycles. The van der Waals surface area contributed by atoms with E-state index in [9.17, 15) is 5.21 Å². The molecule has 2 rings (SSSR count). The van der Waals surface area contributed by atoms with Crippen LogP contribution in [0.3, 0.4) is 0 Å². The van der Waals surface area contributed by atoms with Gasteiger partial charge in [-0.3, -0.25) is 10.9 Å². The fraction of sp³-hybridized carbons (Fsp3) is 0.118. The summed E-state index contributed by atoms with van der Waals surface area (Å²) >= 11 is 0. The lowest BCUT2D eigenvalue weighted by Crippen LogP contribution is -2.22. The molecule has 0 radical (unpaired) electrons. The monoisotopic (exact) mass is 309 g/mol. The second kappa shape index (κ2) is 8.33. The van der Waals surface area contributed by atoms with E-state index in [-0.39, 0.29) is 0 Å². The third kappa shape index (κ3) is 4.96. The first kappa shape index (κ1) is 16.2. The van der Waals surface area contributed by atoms with Crippen molar-refractivity contribution in [2.75, 3.05) is 10.9 Å². The normalized spacial score (nSPS) is 11.7. The predicted octanol–water partition coefficient (Wildman–Crippen LogP) is 3.79. The standard InChI is InChI=1S/C17H19N5O/c1-13(18-20-15-9-5-3-6-10-15)17(22-23)14(2)19-21-16-11-7-4-8-12-16/h3-12,20-21,23H,1-2H3/b18-13+,19-14+. The molecule has 6 nitrogen and oxygen atoms in total. The molecule has 2 aromatic rings. The third-order valence-electron chi connectivity index (χ3n) is 3.04. The Bertz CT molecular complexity index is 649. The number of anilines is 2. The van der Waals surface area contributed by atoms with Crippen LogP contribution < -0.4 is 10.9 Å². The van der Waals surface area contributed by atoms with E-state index in [1.165, 1.54) is 0 Å². The number of nitrogens with one attached hydrogen (secondary N) is 2. The maximum atomic E-state index is 9.23. The van der Waals surface area contributed by atoms with Crippen molar-refractivity contribution in [3.8, 4) is 0 Å². The van der Waals surface area contributed by atoms with E-state index in [0.29, 0.717) is 17.1 Å². The molecule has 2 aromatic carbocycles. The van der Waals surface area contributed by atoms with Crippen molar-refractivity contribution in [1.29, 1.82) is 0 Å². The van der Waals surface area contributed by atoms with Gasteiger partial charge in [0.25, 0.3) is 0 Å². The molecule has 0 aromatic heterocycles. The van der Waals surface area contributed by atoms with Gasteiger partial charge in [0, 0.05) is 0 Å². The minimum atomic E-state index is 0.303. The van der Waals surface area contributed by atoms with Gasteiger partial charge in [0.1, 0.15) is 5.71 Å². The summed E-state index contributed by atoms with van der Waals surface area (Å²) in [7, 11) is 0. The van der Waals surface area contributed by atoms with Gasteiger partial charge in [-0.1, -0.05) is 41.6 Å². The van der Waals surface area contributed by atoms with E-state index in [0.717, 1.165) is 11.4 Å². The molecule has 118 valence electrons. The van der Waals surface area contributed by atoms with Crippen LogP contribution in [0.25, 0.3) is 0 Å². The highest BCUT2D eigenvalue weighted by atomic mass is 16.4. The smallest absolute Gasteiger partial charge is 0.148 e. The number of rotatable bonds is 6. The Labute approximate surface area is 135 Å². The van der Waals surface area contributed by atoms with Crippen molar-refractivity contribution in [2.45, 2.75) is 13.8 Å². The number of benzene rings is 2. The molecule has 0 atom stereocenters. The summed E-state index contributed by atoms with van der Waals surface area (Å²) in [4.78, 5) is 0. The maximum Gasteiger partial charge on any atom is 0.148 e. The molecule has 0 saturated carbocycles. The Morgan fingerprint density at radius 3 is 1.48 bits per heavy atom. The lowest BCUT2D eigenvalue weighted by molar-refractivity contribution is 0.321. The predicted molar refractivity (Wildman–Crippen MR) is 95.6 cm³/mol. The Hall–Kier alpha value is -3.15. The summed E-state index contributed by atoms with van der Waals surface area (Å²) in [6.45, 7) is 3.49. The molecule has 23 heavy (non-hydrogen) atoms. The maximum absolute atomic E-state index is 9.23. The molecule has 0 bridgehead atoms. The molecule has 0 saturated heterocycles. The number of hydrogen-bond donors (Lipinski definition) is 3. The summed E-state index contributed by atoms with van der Waals surface area (Å²) in [6, 6.07) is 19.1. The van der Waals surface area contributed by atoms with Gasteiger partial charge in [-0.25, -0.2) is 0 Å². The van der Waals surface area contributed by atoms with Gasteiger partial charge < -0.3 is 5.21 Å². The Balaban J connectivity index is 2.05. The van der Waals surface area contributed by atoms with Crippen LogP contribution in [0.1, 0.15) is 13.8 Å². The van der Waals surface area contributed by atoms with Crippen LogP contribution in [-0.4, -0.2) is 22.3 Å². The molecule has 6 heteroatoms. The van der Waals surface area contributed by atoms with Crippen molar-refractivity contribution in [3.05, 3.63) is 60.7 Å². The summed E-state index contributed by atoms with van der Waals surface area (Å²) in [5.74, 6) is 0. The van der Waals surface area contributed by atoms with Crippen LogP contribution in [0.5, 0.6) is 0 Å². The minimum Gasteiger partial charge on any atom is -0.410 e. The van der Waals surface area contributed by atoms with Crippen molar-refractivity contribution < 1.29 is 5.21 Å². The summed E-state index contributed by atoms with van der Waals surface area (Å²) in [5.41, 5.74) is 8.86. The van der Waals surface area contributed by atoms with Gasteiger partial charge in [-0.15, -0.1) is 0 Å². The lowest BCUT2D eigenvalue weighted by Gasteiger charge is -2.06. The van der Waals surface area contributed by atoms with Gasteiger partial charge in [0.15, 0.2) is 0 Å². The average molecular weight is 309 g/mol. The number of para-hydroxylation sites is 2. The van der Waals surface area contributed by atoms with Crippen LogP contribution in [0, 0.1) is 0 Å². The van der Waals surface area contributed by atoms with Crippen molar-refractivity contribution in [2.24, 2.45) is 15.4 Å². The average Bonchev–Trinajstić information content (AvgIpc) is 2.60. The molecule has 0 fully saturated rings. The first-order chi connectivity index (χ1) is 11.2. The van der Waals surface area contributed by atoms with Gasteiger partial charge in [0.2, 0.25) is 0 Å². The largest absolute Gasteiger partial charge is 0.410 e. The summed E-state index contributed by atoms with van der Waals surface area (Å²) in [6.07, 6.45) is 0. The van der Waals surface area contributed by atoms with Gasteiger partial charge in [-0.2, -0.15) is 10.2 Å². The second-order valence-electron chi connectivity index (χ2n) is 4.80. The van der Waals surface area contributed by atoms with E-state index < -0.39 is 0 Å². The fourth-order valence-corrected chi connectivity index (χ4v) is 1.83. The molecule has 0 amide bonds. The number of hydrogen-bond acceptors (Lipinski definition) is 6. The van der Waals surface area contributed by atoms with Crippen molar-refractivity contribution in [3.63, 3.8) is 0 Å². The molecule has 0 aliphatic heterocycles.